The molecule has 3 heteroatoms. The molecule has 100 valence electrons. The lowest BCUT2D eigenvalue weighted by Crippen LogP contribution is -2.00. The van der Waals surface area contributed by atoms with E-state index in [0.29, 0.717) is 11.9 Å². The number of rotatable bonds is 7. The second-order valence-electron chi connectivity index (χ2n) is 3.92. The van der Waals surface area contributed by atoms with E-state index in [-0.39, 0.29) is 5.97 Å². The Balaban J connectivity index is 4.23. The minimum absolute atomic E-state index is 0.304. The minimum atomic E-state index is -0.339. The lowest BCUT2D eigenvalue weighted by atomic mass is 10.2. The number of esters is 1. The smallest absolute Gasteiger partial charge is 0.331 e. The van der Waals surface area contributed by atoms with Gasteiger partial charge in [-0.3, -0.25) is 0 Å². The van der Waals surface area contributed by atoms with Crippen molar-refractivity contribution in [3.63, 3.8) is 0 Å². The number of carbonyl (C=O) groups is 1. The van der Waals surface area contributed by atoms with Crippen LogP contribution in [-0.4, -0.2) is 23.6 Å². The number of ether oxygens (including phenoxy) is 1. The van der Waals surface area contributed by atoms with Crippen molar-refractivity contribution in [2.45, 2.75) is 38.9 Å². The molecule has 0 N–H and O–H groups in total. The fourth-order valence-electron chi connectivity index (χ4n) is 1.14. The molecule has 0 aromatic carbocycles. The zero-order valence-electron chi connectivity index (χ0n) is 11.5. The summed E-state index contributed by atoms with van der Waals surface area (Å²) in [7, 11) is 0. The van der Waals surface area contributed by atoms with Crippen molar-refractivity contribution in [1.82, 2.24) is 0 Å². The minimum Gasteiger partial charge on any atom is -0.463 e. The van der Waals surface area contributed by atoms with Crippen molar-refractivity contribution in [3.8, 4) is 11.8 Å². The van der Waals surface area contributed by atoms with Gasteiger partial charge in [-0.25, -0.2) is 4.79 Å². The van der Waals surface area contributed by atoms with Gasteiger partial charge in [-0.1, -0.05) is 37.3 Å². The number of carbonyl (C=O) groups excluding carboxylic acids is 1. The first-order valence-electron chi connectivity index (χ1n) is 6.20. The predicted octanol–water partition coefficient (Wildman–Crippen LogP) is 3.59. The molecular formula is C15H22O2S. The highest BCUT2D eigenvalue weighted by atomic mass is 32.2. The van der Waals surface area contributed by atoms with E-state index in [1.54, 1.807) is 24.8 Å². The van der Waals surface area contributed by atoms with Gasteiger partial charge in [0, 0.05) is 11.8 Å². The summed E-state index contributed by atoms with van der Waals surface area (Å²) in [4.78, 5) is 11.0. The average molecular weight is 266 g/mol. The average Bonchev–Trinajstić information content (AvgIpc) is 2.31. The van der Waals surface area contributed by atoms with Crippen molar-refractivity contribution >= 4 is 17.7 Å². The van der Waals surface area contributed by atoms with Crippen LogP contribution in [-0.2, 0) is 9.53 Å². The van der Waals surface area contributed by atoms with Gasteiger partial charge in [-0.15, -0.1) is 11.8 Å². The van der Waals surface area contributed by atoms with E-state index >= 15 is 0 Å². The van der Waals surface area contributed by atoms with E-state index < -0.39 is 0 Å². The monoisotopic (exact) mass is 266 g/mol. The fourth-order valence-corrected chi connectivity index (χ4v) is 2.18. The zero-order chi connectivity index (χ0) is 13.8. The Labute approximate surface area is 115 Å². The van der Waals surface area contributed by atoms with Crippen molar-refractivity contribution in [1.29, 1.82) is 0 Å². The molecule has 2 nitrogen and oxygen atoms in total. The van der Waals surface area contributed by atoms with Gasteiger partial charge in [-0.2, -0.15) is 0 Å². The van der Waals surface area contributed by atoms with Gasteiger partial charge >= 0.3 is 5.97 Å². The Hall–Kier alpha value is -1.14. The highest BCUT2D eigenvalue weighted by molar-refractivity contribution is 8.00. The predicted molar refractivity (Wildman–Crippen MR) is 79.5 cm³/mol. The van der Waals surface area contributed by atoms with Gasteiger partial charge in [-0.05, 0) is 26.3 Å². The molecule has 0 saturated heterocycles. The second kappa shape index (κ2) is 11.0. The van der Waals surface area contributed by atoms with Crippen molar-refractivity contribution in [3.05, 3.63) is 24.3 Å². The Morgan fingerprint density at radius 3 is 2.78 bits per heavy atom. The fraction of sp³-hybridized carbons (Fsp3) is 0.533. The van der Waals surface area contributed by atoms with Crippen LogP contribution in [0, 0.1) is 11.8 Å². The molecule has 1 unspecified atom stereocenters. The molecule has 18 heavy (non-hydrogen) atoms. The lowest BCUT2D eigenvalue weighted by Gasteiger charge is -2.08. The normalized spacial score (nSPS) is 11.7. The van der Waals surface area contributed by atoms with E-state index in [4.69, 9.17) is 4.74 Å². The number of allylic oxidation sites excluding steroid dienone is 1. The van der Waals surface area contributed by atoms with Crippen LogP contribution < -0.4 is 0 Å². The van der Waals surface area contributed by atoms with Crippen LogP contribution in [0.2, 0.25) is 0 Å². The molecule has 0 aliphatic rings. The van der Waals surface area contributed by atoms with Crippen molar-refractivity contribution in [2.75, 3.05) is 12.4 Å². The maximum Gasteiger partial charge on any atom is 0.331 e. The van der Waals surface area contributed by atoms with Crippen LogP contribution in [0.1, 0.15) is 33.6 Å². The summed E-state index contributed by atoms with van der Waals surface area (Å²) >= 11 is 1.80. The molecule has 0 aliphatic heterocycles. The van der Waals surface area contributed by atoms with Crippen LogP contribution >= 0.6 is 11.8 Å². The Kier molecular flexibility index (Phi) is 10.3. The Morgan fingerprint density at radius 2 is 2.22 bits per heavy atom. The molecule has 0 heterocycles. The number of thioether (sulfide) groups is 1. The standard InChI is InChI=1S/C15H22O2S/c1-5-9-14(18-12-13(3)4)10-7-8-11-15(16)17-6-2/h8,11,14H,3,5-6,9,12H2,1-2,4H3/b11-8+. The molecule has 0 aromatic heterocycles. The molecule has 0 rings (SSSR count). The molecule has 0 bridgehead atoms. The summed E-state index contributed by atoms with van der Waals surface area (Å²) < 4.78 is 4.77. The molecule has 0 saturated carbocycles. The lowest BCUT2D eigenvalue weighted by molar-refractivity contribution is -0.137. The Bertz CT molecular complexity index is 347. The van der Waals surface area contributed by atoms with Gasteiger partial charge < -0.3 is 4.74 Å². The maximum atomic E-state index is 11.0. The number of hydrogen-bond acceptors (Lipinski definition) is 3. The summed E-state index contributed by atoms with van der Waals surface area (Å²) in [5.74, 6) is 6.64. The van der Waals surface area contributed by atoms with Crippen LogP contribution in [0.25, 0.3) is 0 Å². The third-order valence-electron chi connectivity index (χ3n) is 1.92. The van der Waals surface area contributed by atoms with Gasteiger partial charge in [0.2, 0.25) is 0 Å². The van der Waals surface area contributed by atoms with Gasteiger partial charge in [0.25, 0.3) is 0 Å². The van der Waals surface area contributed by atoms with E-state index in [1.807, 2.05) is 6.92 Å². The van der Waals surface area contributed by atoms with Crippen LogP contribution in [0.5, 0.6) is 0 Å². The van der Waals surface area contributed by atoms with Crippen LogP contribution in [0.15, 0.2) is 24.3 Å². The van der Waals surface area contributed by atoms with Gasteiger partial charge in [0.05, 0.1) is 11.9 Å². The van der Waals surface area contributed by atoms with Crippen LogP contribution in [0.4, 0.5) is 0 Å². The van der Waals surface area contributed by atoms with E-state index in [9.17, 15) is 4.79 Å². The van der Waals surface area contributed by atoms with E-state index in [0.717, 1.165) is 24.2 Å². The van der Waals surface area contributed by atoms with Gasteiger partial charge in [0.15, 0.2) is 0 Å². The second-order valence-corrected chi connectivity index (χ2v) is 5.11. The van der Waals surface area contributed by atoms with Crippen molar-refractivity contribution < 1.29 is 9.53 Å². The number of hydrogen-bond donors (Lipinski definition) is 0. The summed E-state index contributed by atoms with van der Waals surface area (Å²) in [5, 5.41) is 0.304. The Morgan fingerprint density at radius 1 is 1.50 bits per heavy atom. The first-order chi connectivity index (χ1) is 8.60. The summed E-state index contributed by atoms with van der Waals surface area (Å²) in [6.45, 7) is 10.2. The van der Waals surface area contributed by atoms with E-state index in [1.165, 1.54) is 6.08 Å². The molecule has 0 aromatic rings. The SMILES string of the molecule is C=C(C)CSC(C#C/C=C/C(=O)OCC)CCC. The molecule has 0 spiro atoms. The largest absolute Gasteiger partial charge is 0.463 e. The zero-order valence-corrected chi connectivity index (χ0v) is 12.3. The van der Waals surface area contributed by atoms with Crippen molar-refractivity contribution in [2.24, 2.45) is 0 Å². The third kappa shape index (κ3) is 10.0. The summed E-state index contributed by atoms with van der Waals surface area (Å²) in [5.41, 5.74) is 1.16. The summed E-state index contributed by atoms with van der Waals surface area (Å²) in [6.07, 6.45) is 5.08. The molecular weight excluding hydrogens is 244 g/mol. The summed E-state index contributed by atoms with van der Waals surface area (Å²) in [6, 6.07) is 0. The highest BCUT2D eigenvalue weighted by Crippen LogP contribution is 2.17. The molecule has 0 radical (unpaired) electrons. The molecule has 1 atom stereocenters. The van der Waals surface area contributed by atoms with Gasteiger partial charge in [0.1, 0.15) is 0 Å². The van der Waals surface area contributed by atoms with E-state index in [2.05, 4.69) is 25.3 Å². The maximum absolute atomic E-state index is 11.0. The first kappa shape index (κ1) is 16.9. The topological polar surface area (TPSA) is 26.3 Å². The molecule has 0 fully saturated rings. The molecule has 0 amide bonds. The van der Waals surface area contributed by atoms with Crippen LogP contribution in [0.3, 0.4) is 0 Å². The highest BCUT2D eigenvalue weighted by Gasteiger charge is 2.03. The first-order valence-corrected chi connectivity index (χ1v) is 7.25. The third-order valence-corrected chi connectivity index (χ3v) is 3.33. The molecule has 0 aliphatic carbocycles. The quantitative estimate of drug-likeness (QED) is 0.305.